The molecule has 0 aromatic heterocycles. The van der Waals surface area contributed by atoms with Crippen molar-refractivity contribution in [2.24, 2.45) is 0 Å². The van der Waals surface area contributed by atoms with Crippen molar-refractivity contribution < 1.29 is 9.47 Å². The molecule has 0 saturated carbocycles. The smallest absolute Gasteiger partial charge is 0.152 e. The Balaban J connectivity index is 1.86. The van der Waals surface area contributed by atoms with Crippen molar-refractivity contribution in [2.75, 3.05) is 6.61 Å². The number of hydrogen-bond acceptors (Lipinski definition) is 3. The fourth-order valence-corrected chi connectivity index (χ4v) is 2.58. The van der Waals surface area contributed by atoms with Crippen molar-refractivity contribution in [2.45, 2.75) is 50.9 Å². The second kappa shape index (κ2) is 5.73. The van der Waals surface area contributed by atoms with Crippen LogP contribution >= 0.6 is 0 Å². The molecule has 1 aromatic carbocycles. The van der Waals surface area contributed by atoms with Gasteiger partial charge in [0, 0.05) is 0 Å². The van der Waals surface area contributed by atoms with E-state index >= 15 is 0 Å². The third kappa shape index (κ3) is 3.79. The molecule has 0 radical (unpaired) electrons. The number of nitrogens with zero attached hydrogens (tertiary/aromatic N) is 1. The van der Waals surface area contributed by atoms with Crippen LogP contribution in [0.3, 0.4) is 0 Å². The minimum Gasteiger partial charge on any atom is -0.374 e. The van der Waals surface area contributed by atoms with E-state index in [1.807, 2.05) is 44.2 Å². The van der Waals surface area contributed by atoms with E-state index in [1.54, 1.807) is 0 Å². The van der Waals surface area contributed by atoms with Crippen molar-refractivity contribution in [1.29, 1.82) is 5.26 Å². The lowest BCUT2D eigenvalue weighted by Crippen LogP contribution is -2.47. The summed E-state index contributed by atoms with van der Waals surface area (Å²) in [5, 5.41) is 9.17. The van der Waals surface area contributed by atoms with Gasteiger partial charge in [-0.2, -0.15) is 5.26 Å². The molecule has 1 unspecified atom stereocenters. The molecule has 19 heavy (non-hydrogen) atoms. The molecule has 2 rings (SSSR count). The van der Waals surface area contributed by atoms with Crippen LogP contribution < -0.4 is 0 Å². The standard InChI is InChI=1S/C16H21NO2/c1-15(12-17)9-6-10-16(2,19-15)13-18-11-14-7-4-3-5-8-14/h3-5,7-8H,6,9-11,13H2,1-2H3/t15-,16?/m1/s1. The van der Waals surface area contributed by atoms with Gasteiger partial charge in [-0.15, -0.1) is 0 Å². The highest BCUT2D eigenvalue weighted by molar-refractivity contribution is 5.13. The first-order chi connectivity index (χ1) is 9.05. The Labute approximate surface area is 115 Å². The average molecular weight is 259 g/mol. The SMILES string of the molecule is CC1(COCc2ccccc2)CCC[C@](C)(C#N)O1. The van der Waals surface area contributed by atoms with Gasteiger partial charge in [-0.1, -0.05) is 30.3 Å². The Bertz CT molecular complexity index is 454. The summed E-state index contributed by atoms with van der Waals surface area (Å²) in [5.74, 6) is 0. The molecule has 0 N–H and O–H groups in total. The summed E-state index contributed by atoms with van der Waals surface area (Å²) in [6.45, 7) is 5.01. The van der Waals surface area contributed by atoms with Gasteiger partial charge in [0.05, 0.1) is 24.9 Å². The molecule has 1 fully saturated rings. The van der Waals surface area contributed by atoms with E-state index in [4.69, 9.17) is 9.47 Å². The zero-order chi connectivity index (χ0) is 13.8. The van der Waals surface area contributed by atoms with Crippen LogP contribution in [0.2, 0.25) is 0 Å². The summed E-state index contributed by atoms with van der Waals surface area (Å²) < 4.78 is 11.7. The van der Waals surface area contributed by atoms with Gasteiger partial charge in [0.25, 0.3) is 0 Å². The zero-order valence-electron chi connectivity index (χ0n) is 11.7. The van der Waals surface area contributed by atoms with Crippen LogP contribution in [0.25, 0.3) is 0 Å². The van der Waals surface area contributed by atoms with Crippen molar-refractivity contribution >= 4 is 0 Å². The maximum atomic E-state index is 9.17. The number of nitriles is 1. The molecule has 1 saturated heterocycles. The maximum Gasteiger partial charge on any atom is 0.152 e. The first-order valence-corrected chi connectivity index (χ1v) is 6.78. The molecule has 1 aliphatic heterocycles. The van der Waals surface area contributed by atoms with E-state index in [2.05, 4.69) is 6.07 Å². The highest BCUT2D eigenvalue weighted by Gasteiger charge is 2.40. The first kappa shape index (κ1) is 14.0. The van der Waals surface area contributed by atoms with Gasteiger partial charge in [0.1, 0.15) is 0 Å². The van der Waals surface area contributed by atoms with E-state index in [1.165, 1.54) is 0 Å². The van der Waals surface area contributed by atoms with Gasteiger partial charge in [0.15, 0.2) is 5.60 Å². The van der Waals surface area contributed by atoms with Crippen molar-refractivity contribution in [3.05, 3.63) is 35.9 Å². The Morgan fingerprint density at radius 1 is 1.26 bits per heavy atom. The van der Waals surface area contributed by atoms with Crippen LogP contribution in [0, 0.1) is 11.3 Å². The fraction of sp³-hybridized carbons (Fsp3) is 0.562. The molecule has 3 heteroatoms. The summed E-state index contributed by atoms with van der Waals surface area (Å²) in [5.41, 5.74) is 0.144. The van der Waals surface area contributed by atoms with E-state index in [9.17, 15) is 5.26 Å². The largest absolute Gasteiger partial charge is 0.374 e. The van der Waals surface area contributed by atoms with E-state index in [0.717, 1.165) is 24.8 Å². The number of benzene rings is 1. The predicted molar refractivity (Wildman–Crippen MR) is 73.5 cm³/mol. The van der Waals surface area contributed by atoms with Crippen LogP contribution in [0.4, 0.5) is 0 Å². The van der Waals surface area contributed by atoms with Crippen LogP contribution in [-0.2, 0) is 16.1 Å². The highest BCUT2D eigenvalue weighted by Crippen LogP contribution is 2.35. The lowest BCUT2D eigenvalue weighted by Gasteiger charge is -2.41. The summed E-state index contributed by atoms with van der Waals surface area (Å²) in [6.07, 6.45) is 2.76. The second-order valence-electron chi connectivity index (χ2n) is 5.73. The number of hydrogen-bond donors (Lipinski definition) is 0. The third-order valence-corrected chi connectivity index (χ3v) is 3.59. The molecule has 1 aliphatic rings. The normalized spacial score (nSPS) is 30.8. The molecule has 1 heterocycles. The predicted octanol–water partition coefficient (Wildman–Crippen LogP) is 3.44. The lowest BCUT2D eigenvalue weighted by atomic mass is 9.88. The molecular weight excluding hydrogens is 238 g/mol. The van der Waals surface area contributed by atoms with Crippen LogP contribution in [0.5, 0.6) is 0 Å². The lowest BCUT2D eigenvalue weighted by molar-refractivity contribution is -0.175. The Hall–Kier alpha value is -1.37. The van der Waals surface area contributed by atoms with Gasteiger partial charge in [-0.3, -0.25) is 0 Å². The molecule has 102 valence electrons. The third-order valence-electron chi connectivity index (χ3n) is 3.59. The summed E-state index contributed by atoms with van der Waals surface area (Å²) in [4.78, 5) is 0. The molecule has 3 nitrogen and oxygen atoms in total. The monoisotopic (exact) mass is 259 g/mol. The zero-order valence-corrected chi connectivity index (χ0v) is 11.7. The van der Waals surface area contributed by atoms with Gasteiger partial charge in [0.2, 0.25) is 0 Å². The molecule has 0 amide bonds. The summed E-state index contributed by atoms with van der Waals surface area (Å²) in [6, 6.07) is 12.4. The first-order valence-electron chi connectivity index (χ1n) is 6.78. The van der Waals surface area contributed by atoms with Crippen molar-refractivity contribution in [1.82, 2.24) is 0 Å². The summed E-state index contributed by atoms with van der Waals surface area (Å²) in [7, 11) is 0. The molecule has 0 bridgehead atoms. The van der Waals surface area contributed by atoms with Gasteiger partial charge in [-0.05, 0) is 38.7 Å². The molecule has 1 aromatic rings. The highest BCUT2D eigenvalue weighted by atomic mass is 16.6. The van der Waals surface area contributed by atoms with Crippen molar-refractivity contribution in [3.63, 3.8) is 0 Å². The molecule has 0 aliphatic carbocycles. The Kier molecular flexibility index (Phi) is 4.24. The number of ether oxygens (including phenoxy) is 2. The van der Waals surface area contributed by atoms with E-state index in [-0.39, 0.29) is 5.60 Å². The molecular formula is C16H21NO2. The van der Waals surface area contributed by atoms with Crippen LogP contribution in [0.1, 0.15) is 38.7 Å². The van der Waals surface area contributed by atoms with E-state index < -0.39 is 5.60 Å². The van der Waals surface area contributed by atoms with E-state index in [0.29, 0.717) is 13.2 Å². The molecule has 2 atom stereocenters. The average Bonchev–Trinajstić information content (AvgIpc) is 2.39. The molecule has 0 spiro atoms. The minimum absolute atomic E-state index is 0.350. The quantitative estimate of drug-likeness (QED) is 0.831. The topological polar surface area (TPSA) is 42.2 Å². The van der Waals surface area contributed by atoms with Gasteiger partial charge in [-0.25, -0.2) is 0 Å². The maximum absolute atomic E-state index is 9.17. The van der Waals surface area contributed by atoms with Crippen LogP contribution in [-0.4, -0.2) is 17.8 Å². The Morgan fingerprint density at radius 2 is 2.00 bits per heavy atom. The van der Waals surface area contributed by atoms with Crippen LogP contribution in [0.15, 0.2) is 30.3 Å². The van der Waals surface area contributed by atoms with Crippen molar-refractivity contribution in [3.8, 4) is 6.07 Å². The van der Waals surface area contributed by atoms with Gasteiger partial charge < -0.3 is 9.47 Å². The fourth-order valence-electron chi connectivity index (χ4n) is 2.58. The minimum atomic E-state index is -0.664. The summed E-state index contributed by atoms with van der Waals surface area (Å²) >= 11 is 0. The van der Waals surface area contributed by atoms with Gasteiger partial charge >= 0.3 is 0 Å². The second-order valence-corrected chi connectivity index (χ2v) is 5.73. The number of rotatable bonds is 4. The Morgan fingerprint density at radius 3 is 2.68 bits per heavy atom.